The molecular formula is C12H20N2O. The van der Waals surface area contributed by atoms with Gasteiger partial charge >= 0.3 is 0 Å². The molecule has 2 N–H and O–H groups in total. The van der Waals surface area contributed by atoms with Gasteiger partial charge in [-0.2, -0.15) is 0 Å². The lowest BCUT2D eigenvalue weighted by Gasteiger charge is -2.32. The second-order valence-corrected chi connectivity index (χ2v) is 3.96. The van der Waals surface area contributed by atoms with E-state index >= 15 is 0 Å². The number of rotatable bonds is 5. The molecule has 15 heavy (non-hydrogen) atoms. The van der Waals surface area contributed by atoms with E-state index in [0.29, 0.717) is 0 Å². The van der Waals surface area contributed by atoms with Gasteiger partial charge in [0.2, 0.25) is 0 Å². The summed E-state index contributed by atoms with van der Waals surface area (Å²) in [7, 11) is 0. The zero-order valence-electron chi connectivity index (χ0n) is 9.75. The van der Waals surface area contributed by atoms with Crippen LogP contribution in [-0.4, -0.2) is 22.2 Å². The van der Waals surface area contributed by atoms with Crippen molar-refractivity contribution < 1.29 is 5.11 Å². The first-order valence-electron chi connectivity index (χ1n) is 5.47. The molecule has 1 rings (SSSR count). The quantitative estimate of drug-likeness (QED) is 0.780. The van der Waals surface area contributed by atoms with E-state index in [4.69, 9.17) is 0 Å². The van der Waals surface area contributed by atoms with Crippen LogP contribution in [0.25, 0.3) is 0 Å². The van der Waals surface area contributed by atoms with Crippen LogP contribution < -0.4 is 5.32 Å². The number of aliphatic hydroxyl groups is 1. The van der Waals surface area contributed by atoms with Gasteiger partial charge in [0.05, 0.1) is 12.1 Å². The highest BCUT2D eigenvalue weighted by atomic mass is 16.3. The summed E-state index contributed by atoms with van der Waals surface area (Å²) in [6.45, 7) is 6.28. The highest BCUT2D eigenvalue weighted by Gasteiger charge is 2.24. The number of hydrogen-bond acceptors (Lipinski definition) is 3. The van der Waals surface area contributed by atoms with Crippen LogP contribution in [-0.2, 0) is 0 Å². The van der Waals surface area contributed by atoms with Crippen molar-refractivity contribution in [2.24, 2.45) is 0 Å². The van der Waals surface area contributed by atoms with Crippen LogP contribution in [0.1, 0.15) is 32.4 Å². The van der Waals surface area contributed by atoms with Crippen LogP contribution in [0, 0.1) is 6.92 Å². The van der Waals surface area contributed by atoms with Crippen LogP contribution in [0.3, 0.4) is 0 Å². The summed E-state index contributed by atoms with van der Waals surface area (Å²) in [4.78, 5) is 4.14. The summed E-state index contributed by atoms with van der Waals surface area (Å²) in [5.41, 5.74) is 1.81. The summed E-state index contributed by atoms with van der Waals surface area (Å²) >= 11 is 0. The third-order valence-electron chi connectivity index (χ3n) is 2.96. The molecule has 0 atom stereocenters. The van der Waals surface area contributed by atoms with Gasteiger partial charge in [-0.3, -0.25) is 4.98 Å². The molecule has 1 heterocycles. The van der Waals surface area contributed by atoms with E-state index < -0.39 is 0 Å². The maximum absolute atomic E-state index is 9.43. The van der Waals surface area contributed by atoms with Gasteiger partial charge in [0.15, 0.2) is 0 Å². The second kappa shape index (κ2) is 5.12. The minimum atomic E-state index is -0.201. The van der Waals surface area contributed by atoms with E-state index in [1.807, 2.05) is 19.1 Å². The molecule has 0 amide bonds. The molecule has 0 aromatic carbocycles. The molecule has 0 unspecified atom stereocenters. The van der Waals surface area contributed by atoms with Crippen LogP contribution in [0.2, 0.25) is 0 Å². The minimum absolute atomic E-state index is 0.154. The highest BCUT2D eigenvalue weighted by Crippen LogP contribution is 2.21. The van der Waals surface area contributed by atoms with Gasteiger partial charge < -0.3 is 10.4 Å². The summed E-state index contributed by atoms with van der Waals surface area (Å²) in [5, 5.41) is 12.8. The van der Waals surface area contributed by atoms with Crippen LogP contribution in [0.5, 0.6) is 0 Å². The third kappa shape index (κ3) is 2.93. The molecule has 0 aliphatic carbocycles. The first kappa shape index (κ1) is 12.0. The van der Waals surface area contributed by atoms with Gasteiger partial charge in [-0.15, -0.1) is 0 Å². The Morgan fingerprint density at radius 1 is 1.40 bits per heavy atom. The lowest BCUT2D eigenvalue weighted by molar-refractivity contribution is 0.202. The molecule has 1 aromatic heterocycles. The Morgan fingerprint density at radius 2 is 2.07 bits per heavy atom. The molecule has 0 spiro atoms. The second-order valence-electron chi connectivity index (χ2n) is 3.96. The summed E-state index contributed by atoms with van der Waals surface area (Å²) < 4.78 is 0. The average Bonchev–Trinajstić information content (AvgIpc) is 2.26. The standard InChI is InChI=1S/C12H20N2O/c1-4-12(5-2,9-15)14-11-6-7-13-10(3)8-11/h6-8,15H,4-5,9H2,1-3H3,(H,13,14). The Labute approximate surface area is 91.5 Å². The van der Waals surface area contributed by atoms with Gasteiger partial charge in [0, 0.05) is 17.6 Å². The predicted molar refractivity (Wildman–Crippen MR) is 63.0 cm³/mol. The topological polar surface area (TPSA) is 45.1 Å². The van der Waals surface area contributed by atoms with E-state index in [1.165, 1.54) is 0 Å². The van der Waals surface area contributed by atoms with Gasteiger partial charge in [0.1, 0.15) is 0 Å². The fourth-order valence-corrected chi connectivity index (χ4v) is 1.62. The van der Waals surface area contributed by atoms with Crippen LogP contribution >= 0.6 is 0 Å². The fraction of sp³-hybridized carbons (Fsp3) is 0.583. The minimum Gasteiger partial charge on any atom is -0.394 e. The first-order chi connectivity index (χ1) is 7.15. The Bertz CT molecular complexity index is 300. The van der Waals surface area contributed by atoms with E-state index in [1.54, 1.807) is 6.20 Å². The number of aromatic nitrogens is 1. The molecule has 0 saturated heterocycles. The van der Waals surface area contributed by atoms with Crippen molar-refractivity contribution in [3.63, 3.8) is 0 Å². The maximum Gasteiger partial charge on any atom is 0.0661 e. The lowest BCUT2D eigenvalue weighted by atomic mass is 9.93. The van der Waals surface area contributed by atoms with Gasteiger partial charge in [-0.1, -0.05) is 13.8 Å². The van der Waals surface area contributed by atoms with E-state index in [2.05, 4.69) is 24.1 Å². The van der Waals surface area contributed by atoms with Crippen LogP contribution in [0.4, 0.5) is 5.69 Å². The Hall–Kier alpha value is -1.09. The van der Waals surface area contributed by atoms with Crippen molar-refractivity contribution in [1.82, 2.24) is 4.98 Å². The molecule has 0 aliphatic heterocycles. The third-order valence-corrected chi connectivity index (χ3v) is 2.96. The number of pyridine rings is 1. The number of nitrogens with one attached hydrogen (secondary N) is 1. The zero-order valence-corrected chi connectivity index (χ0v) is 9.75. The summed E-state index contributed by atoms with van der Waals surface area (Å²) in [5.74, 6) is 0. The predicted octanol–water partition coefficient (Wildman–Crippen LogP) is 2.35. The number of hydrogen-bond donors (Lipinski definition) is 2. The number of aryl methyl sites for hydroxylation is 1. The Morgan fingerprint density at radius 3 is 2.53 bits per heavy atom. The maximum atomic E-state index is 9.43. The van der Waals surface area contributed by atoms with Crippen molar-refractivity contribution in [3.05, 3.63) is 24.0 Å². The molecule has 0 fully saturated rings. The van der Waals surface area contributed by atoms with Crippen LogP contribution in [0.15, 0.2) is 18.3 Å². The normalized spacial score (nSPS) is 11.5. The van der Waals surface area contributed by atoms with Gasteiger partial charge in [0.25, 0.3) is 0 Å². The molecule has 0 aliphatic rings. The number of nitrogens with zero attached hydrogens (tertiary/aromatic N) is 1. The highest BCUT2D eigenvalue weighted by molar-refractivity contribution is 5.45. The van der Waals surface area contributed by atoms with Gasteiger partial charge in [-0.25, -0.2) is 0 Å². The van der Waals surface area contributed by atoms with Crippen molar-refractivity contribution >= 4 is 5.69 Å². The summed E-state index contributed by atoms with van der Waals surface area (Å²) in [6, 6.07) is 3.93. The SMILES string of the molecule is CCC(CC)(CO)Nc1ccnc(C)c1. The molecule has 3 nitrogen and oxygen atoms in total. The Kier molecular flexibility index (Phi) is 4.09. The van der Waals surface area contributed by atoms with Crippen molar-refractivity contribution in [2.45, 2.75) is 39.2 Å². The summed E-state index contributed by atoms with van der Waals surface area (Å²) in [6.07, 6.45) is 3.59. The van der Waals surface area contributed by atoms with Crippen molar-refractivity contribution in [1.29, 1.82) is 0 Å². The smallest absolute Gasteiger partial charge is 0.0661 e. The largest absolute Gasteiger partial charge is 0.394 e. The van der Waals surface area contributed by atoms with E-state index in [0.717, 1.165) is 24.2 Å². The molecule has 1 aromatic rings. The van der Waals surface area contributed by atoms with E-state index in [-0.39, 0.29) is 12.1 Å². The molecule has 0 radical (unpaired) electrons. The van der Waals surface area contributed by atoms with Crippen molar-refractivity contribution in [3.8, 4) is 0 Å². The first-order valence-corrected chi connectivity index (χ1v) is 5.47. The fourth-order valence-electron chi connectivity index (χ4n) is 1.62. The zero-order chi connectivity index (χ0) is 11.3. The average molecular weight is 208 g/mol. The lowest BCUT2D eigenvalue weighted by Crippen LogP contribution is -2.40. The molecule has 3 heteroatoms. The molecule has 0 saturated carbocycles. The van der Waals surface area contributed by atoms with Gasteiger partial charge in [-0.05, 0) is 31.9 Å². The monoisotopic (exact) mass is 208 g/mol. The Balaban J connectivity index is 2.82. The van der Waals surface area contributed by atoms with Crippen molar-refractivity contribution in [2.75, 3.05) is 11.9 Å². The molecular weight excluding hydrogens is 188 g/mol. The number of anilines is 1. The van der Waals surface area contributed by atoms with E-state index in [9.17, 15) is 5.11 Å². The molecule has 0 bridgehead atoms. The molecule has 84 valence electrons. The number of aliphatic hydroxyl groups excluding tert-OH is 1.